The number of benzene rings is 2. The minimum atomic E-state index is -0.741. The van der Waals surface area contributed by atoms with E-state index >= 15 is 0 Å². The molecule has 0 radical (unpaired) electrons. The van der Waals surface area contributed by atoms with Crippen molar-refractivity contribution in [2.75, 3.05) is 19.7 Å². The first-order valence-corrected chi connectivity index (χ1v) is 12.1. The second-order valence-electron chi connectivity index (χ2n) is 9.75. The smallest absolute Gasteiger partial charge is 0.407 e. The van der Waals surface area contributed by atoms with Crippen LogP contribution in [0, 0.1) is 17.8 Å². The van der Waals surface area contributed by atoms with Crippen molar-refractivity contribution >= 4 is 18.0 Å². The number of nitrogens with one attached hydrogen (secondary N) is 1. The Bertz CT molecular complexity index is 1060. The summed E-state index contributed by atoms with van der Waals surface area (Å²) < 4.78 is 5.59. The van der Waals surface area contributed by atoms with Gasteiger partial charge < -0.3 is 20.1 Å². The van der Waals surface area contributed by atoms with Gasteiger partial charge in [0.2, 0.25) is 5.91 Å². The van der Waals surface area contributed by atoms with Gasteiger partial charge in [0, 0.05) is 31.5 Å². The van der Waals surface area contributed by atoms with Gasteiger partial charge in [-0.25, -0.2) is 4.79 Å². The molecule has 2 aliphatic carbocycles. The highest BCUT2D eigenvalue weighted by Crippen LogP contribution is 2.51. The summed E-state index contributed by atoms with van der Waals surface area (Å²) in [5, 5.41) is 12.0. The van der Waals surface area contributed by atoms with E-state index in [-0.39, 0.29) is 42.2 Å². The topological polar surface area (TPSA) is 95.9 Å². The Balaban J connectivity index is 1.04. The number of carboxylic acid groups (broad SMARTS) is 1. The molecule has 1 aliphatic heterocycles. The van der Waals surface area contributed by atoms with E-state index in [0.29, 0.717) is 32.4 Å². The van der Waals surface area contributed by atoms with Gasteiger partial charge in [0.25, 0.3) is 0 Å². The van der Waals surface area contributed by atoms with E-state index in [1.54, 1.807) is 4.90 Å². The molecule has 2 aromatic rings. The van der Waals surface area contributed by atoms with Gasteiger partial charge in [-0.1, -0.05) is 48.5 Å². The molecule has 178 valence electrons. The van der Waals surface area contributed by atoms with Crippen molar-refractivity contribution in [2.24, 2.45) is 17.8 Å². The first kappa shape index (κ1) is 22.4. The number of ether oxygens (including phenoxy) is 1. The molecule has 1 saturated carbocycles. The highest BCUT2D eigenvalue weighted by molar-refractivity contribution is 5.80. The number of likely N-dealkylation sites (tertiary alicyclic amines) is 1. The van der Waals surface area contributed by atoms with Crippen LogP contribution in [-0.4, -0.2) is 53.7 Å². The normalized spacial score (nSPS) is 23.0. The van der Waals surface area contributed by atoms with E-state index in [0.717, 1.165) is 0 Å². The molecule has 2 unspecified atom stereocenters. The number of alkyl carbamates (subject to hydrolysis) is 1. The summed E-state index contributed by atoms with van der Waals surface area (Å²) in [6.45, 7) is 3.32. The van der Waals surface area contributed by atoms with Gasteiger partial charge in [0.1, 0.15) is 6.61 Å². The Labute approximate surface area is 199 Å². The van der Waals surface area contributed by atoms with Crippen LogP contribution >= 0.6 is 0 Å². The fourth-order valence-corrected chi connectivity index (χ4v) is 5.73. The van der Waals surface area contributed by atoms with Crippen LogP contribution in [0.4, 0.5) is 4.79 Å². The Morgan fingerprint density at radius 2 is 1.62 bits per heavy atom. The summed E-state index contributed by atoms with van der Waals surface area (Å²) in [7, 11) is 0. The number of hydrogen-bond acceptors (Lipinski definition) is 4. The van der Waals surface area contributed by atoms with Crippen LogP contribution in [0.2, 0.25) is 0 Å². The van der Waals surface area contributed by atoms with Crippen LogP contribution in [0.1, 0.15) is 43.2 Å². The van der Waals surface area contributed by atoms with Crippen molar-refractivity contribution in [3.05, 3.63) is 59.7 Å². The van der Waals surface area contributed by atoms with Gasteiger partial charge in [0.15, 0.2) is 0 Å². The van der Waals surface area contributed by atoms with E-state index in [9.17, 15) is 14.4 Å². The third kappa shape index (κ3) is 4.27. The minimum Gasteiger partial charge on any atom is -0.481 e. The van der Waals surface area contributed by atoms with Crippen LogP contribution in [0.25, 0.3) is 11.1 Å². The van der Waals surface area contributed by atoms with Crippen molar-refractivity contribution in [2.45, 2.75) is 38.1 Å². The predicted octanol–water partition coefficient (Wildman–Crippen LogP) is 3.87. The lowest BCUT2D eigenvalue weighted by Crippen LogP contribution is -2.35. The summed E-state index contributed by atoms with van der Waals surface area (Å²) in [6.07, 6.45) is 1.31. The predicted molar refractivity (Wildman–Crippen MR) is 126 cm³/mol. The first-order chi connectivity index (χ1) is 16.4. The number of hydrogen-bond donors (Lipinski definition) is 2. The minimum absolute atomic E-state index is 0.0264. The second kappa shape index (κ2) is 9.12. The lowest BCUT2D eigenvalue weighted by molar-refractivity contribution is -0.141. The third-order valence-corrected chi connectivity index (χ3v) is 7.57. The van der Waals surface area contributed by atoms with Gasteiger partial charge >= 0.3 is 12.1 Å². The average molecular weight is 463 g/mol. The molecule has 2 fully saturated rings. The van der Waals surface area contributed by atoms with Crippen molar-refractivity contribution in [3.63, 3.8) is 0 Å². The van der Waals surface area contributed by atoms with E-state index < -0.39 is 12.1 Å². The number of carbonyl (C=O) groups excluding carboxylic acids is 2. The van der Waals surface area contributed by atoms with Crippen LogP contribution < -0.4 is 5.32 Å². The maximum atomic E-state index is 12.4. The number of carboxylic acids is 1. The zero-order chi connectivity index (χ0) is 23.8. The summed E-state index contributed by atoms with van der Waals surface area (Å²) in [5.74, 6) is -0.630. The molecule has 7 nitrogen and oxygen atoms in total. The largest absolute Gasteiger partial charge is 0.481 e. The third-order valence-electron chi connectivity index (χ3n) is 7.57. The zero-order valence-electron chi connectivity index (χ0n) is 19.3. The number of aliphatic carboxylic acids is 1. The quantitative estimate of drug-likeness (QED) is 0.621. The molecular weight excluding hydrogens is 432 g/mol. The van der Waals surface area contributed by atoms with Crippen LogP contribution in [0.5, 0.6) is 0 Å². The number of piperidine rings is 1. The summed E-state index contributed by atoms with van der Waals surface area (Å²) >= 11 is 0. The number of amides is 2. The molecule has 1 saturated heterocycles. The van der Waals surface area contributed by atoms with Gasteiger partial charge in [-0.3, -0.25) is 9.59 Å². The maximum Gasteiger partial charge on any atom is 0.407 e. The summed E-state index contributed by atoms with van der Waals surface area (Å²) in [4.78, 5) is 37.7. The zero-order valence-corrected chi connectivity index (χ0v) is 19.3. The number of carbonyl (C=O) groups is 3. The Morgan fingerprint density at radius 3 is 2.21 bits per heavy atom. The van der Waals surface area contributed by atoms with E-state index in [4.69, 9.17) is 9.84 Å². The Morgan fingerprint density at radius 1 is 1.03 bits per heavy atom. The molecule has 0 spiro atoms. The molecule has 2 N–H and O–H groups in total. The van der Waals surface area contributed by atoms with Crippen LogP contribution in [0.3, 0.4) is 0 Å². The second-order valence-corrected chi connectivity index (χ2v) is 9.75. The molecule has 0 aromatic heterocycles. The fraction of sp³-hybridized carbons (Fsp3) is 0.444. The first-order valence-electron chi connectivity index (χ1n) is 12.1. The van der Waals surface area contributed by atoms with Crippen LogP contribution in [-0.2, 0) is 14.3 Å². The molecule has 2 aromatic carbocycles. The van der Waals surface area contributed by atoms with Crippen molar-refractivity contribution in [1.82, 2.24) is 10.2 Å². The SMILES string of the molecule is CC(CCCC(=O)N1C[C@@H]2C(C(=O)O)[C@@H]2C1)NC(=O)OCC1c2ccccc2-c2ccccc21. The van der Waals surface area contributed by atoms with E-state index in [1.165, 1.54) is 22.3 Å². The summed E-state index contributed by atoms with van der Waals surface area (Å²) in [6, 6.07) is 16.4. The molecule has 7 heteroatoms. The molecule has 3 aliphatic rings. The van der Waals surface area contributed by atoms with Crippen molar-refractivity contribution < 1.29 is 24.2 Å². The molecule has 0 bridgehead atoms. The highest BCUT2D eigenvalue weighted by Gasteiger charge is 2.60. The van der Waals surface area contributed by atoms with Crippen molar-refractivity contribution in [3.8, 4) is 11.1 Å². The summed E-state index contributed by atoms with van der Waals surface area (Å²) in [5.41, 5.74) is 4.74. The van der Waals surface area contributed by atoms with E-state index in [2.05, 4.69) is 29.6 Å². The van der Waals surface area contributed by atoms with Gasteiger partial charge in [-0.05, 0) is 53.9 Å². The number of nitrogens with zero attached hydrogens (tertiary/aromatic N) is 1. The lowest BCUT2D eigenvalue weighted by Gasteiger charge is -2.20. The maximum absolute atomic E-state index is 12.4. The molecule has 34 heavy (non-hydrogen) atoms. The van der Waals surface area contributed by atoms with Gasteiger partial charge in [0.05, 0.1) is 5.92 Å². The molecule has 2 amide bonds. The lowest BCUT2D eigenvalue weighted by atomic mass is 9.98. The Kier molecular flexibility index (Phi) is 6.02. The van der Waals surface area contributed by atoms with Gasteiger partial charge in [-0.15, -0.1) is 0 Å². The van der Waals surface area contributed by atoms with E-state index in [1.807, 2.05) is 31.2 Å². The molecule has 4 atom stereocenters. The van der Waals surface area contributed by atoms with Crippen LogP contribution in [0.15, 0.2) is 48.5 Å². The molecule has 5 rings (SSSR count). The standard InChI is InChI=1S/C27H30N2O5/c1-16(7-6-12-24(30)29-13-21-22(14-29)25(21)26(31)32)28-27(33)34-15-23-19-10-4-2-8-17(19)18-9-3-5-11-20(18)23/h2-5,8-11,16,21-23,25H,6-7,12-15H2,1H3,(H,28,33)(H,31,32)/t16?,21-,22+,25?. The van der Waals surface area contributed by atoms with Crippen molar-refractivity contribution in [1.29, 1.82) is 0 Å². The number of fused-ring (bicyclic) bond motifs is 4. The molecular formula is C27H30N2O5. The number of rotatable bonds is 8. The van der Waals surface area contributed by atoms with Gasteiger partial charge in [-0.2, -0.15) is 0 Å². The Hall–Kier alpha value is -3.35. The average Bonchev–Trinajstić information content (AvgIpc) is 3.18. The molecule has 1 heterocycles. The fourth-order valence-electron chi connectivity index (χ4n) is 5.73. The monoisotopic (exact) mass is 462 g/mol. The highest BCUT2D eigenvalue weighted by atomic mass is 16.5.